The number of rotatable bonds is 6. The Morgan fingerprint density at radius 2 is 2.00 bits per heavy atom. The number of hydrogen-bond donors (Lipinski definition) is 0. The molecule has 9 nitrogen and oxygen atoms in total. The maximum absolute atomic E-state index is 12.5. The van der Waals surface area contributed by atoms with Crippen LogP contribution in [-0.2, 0) is 16.6 Å². The summed E-state index contributed by atoms with van der Waals surface area (Å²) in [4.78, 5) is 18.5. The third-order valence-electron chi connectivity index (χ3n) is 4.78. The van der Waals surface area contributed by atoms with Gasteiger partial charge >= 0.3 is 0 Å². The molecule has 3 rings (SSSR count). The summed E-state index contributed by atoms with van der Waals surface area (Å²) in [5.41, 5.74) is 0.940. The molecule has 0 unspecified atom stereocenters. The van der Waals surface area contributed by atoms with Gasteiger partial charge in [0, 0.05) is 51.8 Å². The number of sulfonamides is 1. The molecule has 3 heterocycles. The van der Waals surface area contributed by atoms with Crippen molar-refractivity contribution < 1.29 is 17.9 Å². The van der Waals surface area contributed by atoms with E-state index in [2.05, 4.69) is 10.1 Å². The van der Waals surface area contributed by atoms with Crippen LogP contribution < -0.4 is 9.04 Å². The molecule has 0 atom stereocenters. The smallest absolute Gasteiger partial charge is 0.274 e. The highest BCUT2D eigenvalue weighted by Gasteiger charge is 2.26. The molecule has 1 saturated heterocycles. The number of nitrogens with zero attached hydrogens (tertiary/aromatic N) is 5. The minimum Gasteiger partial charge on any atom is -0.474 e. The van der Waals surface area contributed by atoms with Gasteiger partial charge in [0.05, 0.1) is 18.1 Å². The number of anilines is 1. The number of ether oxygens (including phenoxy) is 1. The van der Waals surface area contributed by atoms with Crippen LogP contribution in [0.1, 0.15) is 30.3 Å². The zero-order valence-corrected chi connectivity index (χ0v) is 17.1. The first-order chi connectivity index (χ1) is 13.3. The summed E-state index contributed by atoms with van der Waals surface area (Å²) < 4.78 is 31.9. The Labute approximate surface area is 165 Å². The second kappa shape index (κ2) is 8.17. The lowest BCUT2D eigenvalue weighted by Crippen LogP contribution is -2.42. The lowest BCUT2D eigenvalue weighted by Gasteiger charge is -2.31. The third-order valence-corrected chi connectivity index (χ3v) is 5.99. The Bertz CT molecular complexity index is 918. The van der Waals surface area contributed by atoms with Gasteiger partial charge in [-0.2, -0.15) is 5.10 Å². The van der Waals surface area contributed by atoms with E-state index in [0.717, 1.165) is 17.1 Å². The van der Waals surface area contributed by atoms with Crippen molar-refractivity contribution in [3.8, 4) is 5.88 Å². The normalized spacial score (nSPS) is 15.5. The molecule has 0 spiro atoms. The number of aromatic nitrogens is 3. The van der Waals surface area contributed by atoms with Crippen molar-refractivity contribution in [2.45, 2.75) is 32.4 Å². The Morgan fingerprint density at radius 1 is 1.29 bits per heavy atom. The van der Waals surface area contributed by atoms with Gasteiger partial charge in [0.15, 0.2) is 0 Å². The third kappa shape index (κ3) is 4.61. The molecule has 0 aromatic carbocycles. The van der Waals surface area contributed by atoms with E-state index >= 15 is 0 Å². The molecule has 1 fully saturated rings. The van der Waals surface area contributed by atoms with Crippen LogP contribution in [0.4, 0.5) is 5.69 Å². The van der Waals surface area contributed by atoms with E-state index in [9.17, 15) is 13.2 Å². The van der Waals surface area contributed by atoms with Crippen LogP contribution in [0.5, 0.6) is 5.88 Å². The Morgan fingerprint density at radius 3 is 2.54 bits per heavy atom. The van der Waals surface area contributed by atoms with Gasteiger partial charge in [0.25, 0.3) is 5.91 Å². The van der Waals surface area contributed by atoms with Crippen LogP contribution in [0.15, 0.2) is 30.6 Å². The summed E-state index contributed by atoms with van der Waals surface area (Å²) in [5, 5.41) is 4.27. The van der Waals surface area contributed by atoms with E-state index in [1.54, 1.807) is 34.0 Å². The fraction of sp³-hybridized carbons (Fsp3) is 0.500. The molecule has 1 aliphatic rings. The van der Waals surface area contributed by atoms with E-state index in [4.69, 9.17) is 4.74 Å². The first-order valence-electron chi connectivity index (χ1n) is 9.17. The standard InChI is InChI=1S/C18H25N5O4S/c1-4-23-12-9-16(20-23)18(24)22-10-7-15(8-11-22)27-17-6-5-14(13-19-17)21(2)28(3,25)26/h5-6,9,12-13,15H,4,7-8,10-11H2,1-3H3. The van der Waals surface area contributed by atoms with Crippen molar-refractivity contribution in [3.05, 3.63) is 36.3 Å². The second-order valence-corrected chi connectivity index (χ2v) is 8.76. The summed E-state index contributed by atoms with van der Waals surface area (Å²) in [5.74, 6) is 0.383. The Hall–Kier alpha value is -2.62. The summed E-state index contributed by atoms with van der Waals surface area (Å²) in [6, 6.07) is 5.06. The second-order valence-electron chi connectivity index (χ2n) is 6.75. The largest absolute Gasteiger partial charge is 0.474 e. The molecule has 0 saturated carbocycles. The Balaban J connectivity index is 1.53. The maximum atomic E-state index is 12.5. The lowest BCUT2D eigenvalue weighted by atomic mass is 10.1. The number of amides is 1. The average Bonchev–Trinajstić information content (AvgIpc) is 3.17. The molecular weight excluding hydrogens is 382 g/mol. The topological polar surface area (TPSA) is 97.6 Å². The highest BCUT2D eigenvalue weighted by atomic mass is 32.2. The van der Waals surface area contributed by atoms with Crippen molar-refractivity contribution in [3.63, 3.8) is 0 Å². The minimum atomic E-state index is -3.32. The average molecular weight is 407 g/mol. The molecule has 1 amide bonds. The van der Waals surface area contributed by atoms with Crippen LogP contribution in [0.3, 0.4) is 0 Å². The van der Waals surface area contributed by atoms with Crippen LogP contribution in [0.25, 0.3) is 0 Å². The maximum Gasteiger partial charge on any atom is 0.274 e. The quantitative estimate of drug-likeness (QED) is 0.718. The molecule has 0 N–H and O–H groups in total. The van der Waals surface area contributed by atoms with Crippen molar-refractivity contribution >= 4 is 21.6 Å². The van der Waals surface area contributed by atoms with E-state index in [1.165, 1.54) is 13.2 Å². The summed E-state index contributed by atoms with van der Waals surface area (Å²) in [6.07, 6.45) is 5.78. The van der Waals surface area contributed by atoms with Gasteiger partial charge in [0.2, 0.25) is 15.9 Å². The zero-order valence-electron chi connectivity index (χ0n) is 16.3. The molecule has 2 aromatic rings. The predicted molar refractivity (Wildman–Crippen MR) is 105 cm³/mol. The summed E-state index contributed by atoms with van der Waals surface area (Å²) in [6.45, 7) is 3.90. The van der Waals surface area contributed by atoms with Crippen LogP contribution >= 0.6 is 0 Å². The van der Waals surface area contributed by atoms with Crippen molar-refractivity contribution in [1.29, 1.82) is 0 Å². The fourth-order valence-corrected chi connectivity index (χ4v) is 3.47. The number of hydrogen-bond acceptors (Lipinski definition) is 6. The summed E-state index contributed by atoms with van der Waals surface area (Å²) in [7, 11) is -1.85. The zero-order chi connectivity index (χ0) is 20.3. The first kappa shape index (κ1) is 20.1. The lowest BCUT2D eigenvalue weighted by molar-refractivity contribution is 0.0582. The van der Waals surface area contributed by atoms with E-state index < -0.39 is 10.0 Å². The molecular formula is C18H25N5O4S. The summed E-state index contributed by atoms with van der Waals surface area (Å²) >= 11 is 0. The van der Waals surface area contributed by atoms with Gasteiger partial charge in [-0.1, -0.05) is 0 Å². The highest BCUT2D eigenvalue weighted by Crippen LogP contribution is 2.21. The predicted octanol–water partition coefficient (Wildman–Crippen LogP) is 1.38. The van der Waals surface area contributed by atoms with E-state index in [-0.39, 0.29) is 12.0 Å². The Kier molecular flexibility index (Phi) is 5.87. The van der Waals surface area contributed by atoms with Crippen molar-refractivity contribution in [1.82, 2.24) is 19.7 Å². The fourth-order valence-electron chi connectivity index (χ4n) is 2.98. The van der Waals surface area contributed by atoms with Crippen molar-refractivity contribution in [2.75, 3.05) is 30.7 Å². The first-order valence-corrected chi connectivity index (χ1v) is 11.0. The monoisotopic (exact) mass is 407 g/mol. The van der Waals surface area contributed by atoms with Crippen LogP contribution in [0, 0.1) is 0 Å². The minimum absolute atomic E-state index is 0.0387. The van der Waals surface area contributed by atoms with Gasteiger partial charge in [-0.3, -0.25) is 13.8 Å². The van der Waals surface area contributed by atoms with Crippen molar-refractivity contribution in [2.24, 2.45) is 0 Å². The number of carbonyl (C=O) groups is 1. The number of piperidine rings is 1. The van der Waals surface area contributed by atoms with E-state index in [1.807, 2.05) is 6.92 Å². The number of carbonyl (C=O) groups excluding carboxylic acids is 1. The molecule has 1 aliphatic heterocycles. The number of likely N-dealkylation sites (tertiary alicyclic amines) is 1. The van der Waals surface area contributed by atoms with Gasteiger partial charge in [-0.25, -0.2) is 13.4 Å². The molecule has 0 bridgehead atoms. The van der Waals surface area contributed by atoms with Gasteiger partial charge in [0.1, 0.15) is 11.8 Å². The van der Waals surface area contributed by atoms with Crippen LogP contribution in [-0.4, -0.2) is 66.5 Å². The van der Waals surface area contributed by atoms with Gasteiger partial charge < -0.3 is 9.64 Å². The molecule has 10 heteroatoms. The van der Waals surface area contributed by atoms with Crippen LogP contribution in [0.2, 0.25) is 0 Å². The number of aryl methyl sites for hydroxylation is 1. The van der Waals surface area contributed by atoms with Gasteiger partial charge in [-0.05, 0) is 19.1 Å². The van der Waals surface area contributed by atoms with E-state index in [0.29, 0.717) is 43.2 Å². The SMILES string of the molecule is CCn1ccc(C(=O)N2CCC(Oc3ccc(N(C)S(C)(=O)=O)cn3)CC2)n1. The molecule has 28 heavy (non-hydrogen) atoms. The molecule has 152 valence electrons. The van der Waals surface area contributed by atoms with Gasteiger partial charge in [-0.15, -0.1) is 0 Å². The molecule has 0 radical (unpaired) electrons. The highest BCUT2D eigenvalue weighted by molar-refractivity contribution is 7.92. The molecule has 0 aliphatic carbocycles. The number of pyridine rings is 1. The molecule has 2 aromatic heterocycles.